The van der Waals surface area contributed by atoms with Gasteiger partial charge in [0.05, 0.1) is 31.4 Å². The van der Waals surface area contributed by atoms with E-state index in [0.29, 0.717) is 13.0 Å². The highest BCUT2D eigenvalue weighted by Crippen LogP contribution is 2.24. The highest BCUT2D eigenvalue weighted by atomic mass is 32.1. The van der Waals surface area contributed by atoms with E-state index in [2.05, 4.69) is 46.4 Å². The molecule has 2 aromatic carbocycles. The Morgan fingerprint density at radius 1 is 1.13 bits per heavy atom. The van der Waals surface area contributed by atoms with Gasteiger partial charge in [0, 0.05) is 30.6 Å². The molecule has 0 radical (unpaired) electrons. The van der Waals surface area contributed by atoms with Crippen LogP contribution in [0.2, 0.25) is 0 Å². The Balaban J connectivity index is 1.39. The largest absolute Gasteiger partial charge is 0.379 e. The van der Waals surface area contributed by atoms with E-state index < -0.39 is 0 Å². The second kappa shape index (κ2) is 9.98. The molecule has 156 valence electrons. The van der Waals surface area contributed by atoms with Crippen LogP contribution in [0.3, 0.4) is 0 Å². The predicted octanol–water partition coefficient (Wildman–Crippen LogP) is 3.85. The summed E-state index contributed by atoms with van der Waals surface area (Å²) in [5.74, 6) is 0.00489. The molecule has 30 heavy (non-hydrogen) atoms. The fraction of sp³-hybridized carbons (Fsp3) is 0.333. The molecule has 1 atom stereocenters. The van der Waals surface area contributed by atoms with E-state index >= 15 is 0 Å². The first-order valence-electron chi connectivity index (χ1n) is 10.3. The van der Waals surface area contributed by atoms with Crippen LogP contribution in [0.5, 0.6) is 0 Å². The summed E-state index contributed by atoms with van der Waals surface area (Å²) in [4.78, 5) is 19.7. The molecule has 6 heteroatoms. The Kier molecular flexibility index (Phi) is 6.89. The molecule has 1 aliphatic heterocycles. The molecule has 0 bridgehead atoms. The van der Waals surface area contributed by atoms with Crippen molar-refractivity contribution in [3.8, 4) is 10.6 Å². The maximum Gasteiger partial charge on any atom is 0.226 e. The zero-order chi connectivity index (χ0) is 20.8. The van der Waals surface area contributed by atoms with E-state index in [9.17, 15) is 4.79 Å². The second-order valence-electron chi connectivity index (χ2n) is 7.57. The number of nitrogens with zero attached hydrogens (tertiary/aromatic N) is 2. The lowest BCUT2D eigenvalue weighted by atomic mass is 10.0. The van der Waals surface area contributed by atoms with Crippen LogP contribution in [-0.4, -0.2) is 48.6 Å². The molecule has 3 aromatic rings. The molecular formula is C24H27N3O2S. The number of ether oxygens (including phenoxy) is 1. The topological polar surface area (TPSA) is 54.5 Å². The lowest BCUT2D eigenvalue weighted by Gasteiger charge is -2.35. The van der Waals surface area contributed by atoms with Gasteiger partial charge in [-0.1, -0.05) is 60.2 Å². The fourth-order valence-corrected chi connectivity index (χ4v) is 4.50. The highest BCUT2D eigenvalue weighted by Gasteiger charge is 2.23. The maximum absolute atomic E-state index is 12.6. The van der Waals surface area contributed by atoms with Gasteiger partial charge < -0.3 is 10.1 Å². The van der Waals surface area contributed by atoms with Gasteiger partial charge in [-0.2, -0.15) is 0 Å². The Morgan fingerprint density at radius 2 is 1.87 bits per heavy atom. The summed E-state index contributed by atoms with van der Waals surface area (Å²) in [7, 11) is 0. The van der Waals surface area contributed by atoms with Crippen molar-refractivity contribution in [3.63, 3.8) is 0 Å². The number of amides is 1. The van der Waals surface area contributed by atoms with Gasteiger partial charge in [0.1, 0.15) is 5.01 Å². The number of aromatic nitrogens is 1. The fourth-order valence-electron chi connectivity index (χ4n) is 3.67. The Hall–Kier alpha value is -2.54. The van der Waals surface area contributed by atoms with Gasteiger partial charge in [0.25, 0.3) is 0 Å². The third kappa shape index (κ3) is 5.33. The molecule has 1 fully saturated rings. The molecule has 4 rings (SSSR count). The number of nitrogens with one attached hydrogen (secondary N) is 1. The molecule has 0 saturated carbocycles. The zero-order valence-electron chi connectivity index (χ0n) is 17.2. The van der Waals surface area contributed by atoms with Crippen molar-refractivity contribution in [1.29, 1.82) is 0 Å². The van der Waals surface area contributed by atoms with Gasteiger partial charge in [-0.05, 0) is 12.5 Å². The number of hydrogen-bond acceptors (Lipinski definition) is 5. The molecule has 1 aromatic heterocycles. The standard InChI is InChI=1S/C24H27N3O2S/c1-18-7-9-19(10-8-18)22(27-11-13-29-14-12-27)16-25-23(28)15-21-17-30-24(26-21)20-5-3-2-4-6-20/h2-10,17,22H,11-16H2,1H3,(H,25,28). The minimum atomic E-state index is 0.00489. The van der Waals surface area contributed by atoms with Crippen LogP contribution in [0.15, 0.2) is 60.0 Å². The van der Waals surface area contributed by atoms with E-state index in [0.717, 1.165) is 42.6 Å². The Morgan fingerprint density at radius 3 is 2.60 bits per heavy atom. The average molecular weight is 422 g/mol. The van der Waals surface area contributed by atoms with E-state index in [4.69, 9.17) is 4.74 Å². The van der Waals surface area contributed by atoms with Crippen LogP contribution in [0.1, 0.15) is 22.9 Å². The average Bonchev–Trinajstić information content (AvgIpc) is 3.25. The summed E-state index contributed by atoms with van der Waals surface area (Å²) >= 11 is 1.58. The third-order valence-corrected chi connectivity index (χ3v) is 6.30. The molecule has 1 unspecified atom stereocenters. The van der Waals surface area contributed by atoms with Crippen LogP contribution in [0, 0.1) is 6.92 Å². The number of hydrogen-bond donors (Lipinski definition) is 1. The van der Waals surface area contributed by atoms with E-state index in [1.807, 2.05) is 35.7 Å². The number of morpholine rings is 1. The molecular weight excluding hydrogens is 394 g/mol. The van der Waals surface area contributed by atoms with Crippen molar-refractivity contribution in [2.45, 2.75) is 19.4 Å². The zero-order valence-corrected chi connectivity index (χ0v) is 18.0. The number of aryl methyl sites for hydroxylation is 1. The van der Waals surface area contributed by atoms with Crippen molar-refractivity contribution in [3.05, 3.63) is 76.8 Å². The lowest BCUT2D eigenvalue weighted by molar-refractivity contribution is -0.120. The van der Waals surface area contributed by atoms with E-state index in [1.165, 1.54) is 11.1 Å². The first-order chi connectivity index (χ1) is 14.7. The first kappa shape index (κ1) is 20.7. The number of rotatable bonds is 7. The second-order valence-corrected chi connectivity index (χ2v) is 8.42. The SMILES string of the molecule is Cc1ccc(C(CNC(=O)Cc2csc(-c3ccccc3)n2)N2CCOCC2)cc1. The molecule has 1 saturated heterocycles. The molecule has 1 N–H and O–H groups in total. The smallest absolute Gasteiger partial charge is 0.226 e. The van der Waals surface area contributed by atoms with Crippen molar-refractivity contribution >= 4 is 17.2 Å². The predicted molar refractivity (Wildman–Crippen MR) is 121 cm³/mol. The van der Waals surface area contributed by atoms with Gasteiger partial charge in [0.15, 0.2) is 0 Å². The summed E-state index contributed by atoms with van der Waals surface area (Å²) in [6.07, 6.45) is 0.299. The number of thiazole rings is 1. The van der Waals surface area contributed by atoms with Crippen LogP contribution in [0.4, 0.5) is 0 Å². The quantitative estimate of drug-likeness (QED) is 0.630. The summed E-state index contributed by atoms with van der Waals surface area (Å²) in [5.41, 5.74) is 4.36. The maximum atomic E-state index is 12.6. The molecule has 0 spiro atoms. The first-order valence-corrected chi connectivity index (χ1v) is 11.2. The molecule has 5 nitrogen and oxygen atoms in total. The molecule has 1 aliphatic rings. The Bertz CT molecular complexity index is 950. The summed E-state index contributed by atoms with van der Waals surface area (Å²) < 4.78 is 5.51. The normalized spacial score (nSPS) is 15.6. The van der Waals surface area contributed by atoms with Crippen LogP contribution in [0.25, 0.3) is 10.6 Å². The van der Waals surface area contributed by atoms with Gasteiger partial charge in [-0.15, -0.1) is 11.3 Å². The highest BCUT2D eigenvalue weighted by molar-refractivity contribution is 7.13. The molecule has 1 amide bonds. The van der Waals surface area contributed by atoms with Crippen LogP contribution in [-0.2, 0) is 16.0 Å². The van der Waals surface area contributed by atoms with Gasteiger partial charge in [0.2, 0.25) is 5.91 Å². The summed E-state index contributed by atoms with van der Waals surface area (Å²) in [5, 5.41) is 6.06. The Labute approximate surface area is 181 Å². The van der Waals surface area contributed by atoms with Gasteiger partial charge in [-0.25, -0.2) is 4.98 Å². The molecule has 0 aliphatic carbocycles. The number of carbonyl (C=O) groups excluding carboxylic acids is 1. The number of benzene rings is 2. The minimum absolute atomic E-state index is 0.00489. The third-order valence-electron chi connectivity index (χ3n) is 5.36. The van der Waals surface area contributed by atoms with Gasteiger partial charge in [-0.3, -0.25) is 9.69 Å². The van der Waals surface area contributed by atoms with Gasteiger partial charge >= 0.3 is 0 Å². The minimum Gasteiger partial charge on any atom is -0.379 e. The summed E-state index contributed by atoms with van der Waals surface area (Å²) in [6, 6.07) is 18.8. The summed E-state index contributed by atoms with van der Waals surface area (Å²) in [6.45, 7) is 5.89. The van der Waals surface area contributed by atoms with E-state index in [1.54, 1.807) is 11.3 Å². The van der Waals surface area contributed by atoms with Crippen LogP contribution < -0.4 is 5.32 Å². The van der Waals surface area contributed by atoms with Crippen LogP contribution >= 0.6 is 11.3 Å². The monoisotopic (exact) mass is 421 g/mol. The van der Waals surface area contributed by atoms with Crippen molar-refractivity contribution < 1.29 is 9.53 Å². The van der Waals surface area contributed by atoms with Crippen molar-refractivity contribution in [1.82, 2.24) is 15.2 Å². The van der Waals surface area contributed by atoms with Crippen molar-refractivity contribution in [2.75, 3.05) is 32.8 Å². The molecule has 2 heterocycles. The van der Waals surface area contributed by atoms with E-state index in [-0.39, 0.29) is 11.9 Å². The lowest BCUT2D eigenvalue weighted by Crippen LogP contribution is -2.44. The van der Waals surface area contributed by atoms with Crippen molar-refractivity contribution in [2.24, 2.45) is 0 Å². The number of carbonyl (C=O) groups is 1.